The number of carbonyl (C=O) groups is 1. The lowest BCUT2D eigenvalue weighted by atomic mass is 9.86. The zero-order valence-electron chi connectivity index (χ0n) is 15.0. The summed E-state index contributed by atoms with van der Waals surface area (Å²) in [5.41, 5.74) is 5.27. The van der Waals surface area contributed by atoms with E-state index in [-0.39, 0.29) is 5.78 Å². The Morgan fingerprint density at radius 2 is 1.69 bits per heavy atom. The largest absolute Gasteiger partial charge is 0.369 e. The summed E-state index contributed by atoms with van der Waals surface area (Å²) in [6.45, 7) is 4.36. The van der Waals surface area contributed by atoms with Gasteiger partial charge in [-0.2, -0.15) is 0 Å². The first-order chi connectivity index (χ1) is 12.6. The summed E-state index contributed by atoms with van der Waals surface area (Å²) < 4.78 is 1.04. The van der Waals surface area contributed by atoms with E-state index in [4.69, 9.17) is 0 Å². The fourth-order valence-corrected chi connectivity index (χ4v) is 4.14. The molecule has 2 aromatic rings. The lowest BCUT2D eigenvalue weighted by molar-refractivity contribution is 0.102. The minimum absolute atomic E-state index is 0.168. The second-order valence-electron chi connectivity index (χ2n) is 7.18. The molecule has 3 nitrogen and oxygen atoms in total. The molecule has 0 amide bonds. The Labute approximate surface area is 163 Å². The average molecular weight is 411 g/mol. The first-order valence-corrected chi connectivity index (χ1v) is 9.97. The summed E-state index contributed by atoms with van der Waals surface area (Å²) in [6, 6.07) is 14.6. The fourth-order valence-electron chi connectivity index (χ4n) is 3.73. The molecule has 4 heteroatoms. The molecule has 2 aromatic carbocycles. The molecule has 0 atom stereocenters. The topological polar surface area (TPSA) is 23.6 Å². The lowest BCUT2D eigenvalue weighted by Crippen LogP contribution is -2.44. The molecule has 4 rings (SSSR count). The number of aryl methyl sites for hydroxylation is 1. The number of anilines is 1. The highest BCUT2D eigenvalue weighted by Crippen LogP contribution is 2.29. The van der Waals surface area contributed by atoms with Crippen molar-refractivity contribution in [2.75, 3.05) is 38.1 Å². The Kier molecular flexibility index (Phi) is 4.96. The first kappa shape index (κ1) is 17.5. The maximum atomic E-state index is 12.8. The van der Waals surface area contributed by atoms with Gasteiger partial charge in [-0.15, -0.1) is 0 Å². The summed E-state index contributed by atoms with van der Waals surface area (Å²) >= 11 is 3.49. The monoisotopic (exact) mass is 410 g/mol. The number of rotatable bonds is 2. The van der Waals surface area contributed by atoms with Gasteiger partial charge in [0.05, 0.1) is 0 Å². The SMILES string of the molecule is CN1CCN(c2ccc(C=C3CCc4cc(Br)ccc4C3=O)cc2)CC1. The number of nitrogens with zero attached hydrogens (tertiary/aromatic N) is 2. The van der Waals surface area contributed by atoms with Crippen LogP contribution in [0, 0.1) is 0 Å². The number of hydrogen-bond acceptors (Lipinski definition) is 3. The van der Waals surface area contributed by atoms with Gasteiger partial charge in [0.15, 0.2) is 5.78 Å². The molecule has 1 fully saturated rings. The van der Waals surface area contributed by atoms with Crippen LogP contribution in [0.25, 0.3) is 6.08 Å². The predicted molar refractivity (Wildman–Crippen MR) is 111 cm³/mol. The van der Waals surface area contributed by atoms with Gasteiger partial charge in [-0.05, 0) is 67.4 Å². The molecule has 1 aliphatic carbocycles. The molecule has 1 saturated heterocycles. The van der Waals surface area contributed by atoms with Gasteiger partial charge < -0.3 is 9.80 Å². The Bertz CT molecular complexity index is 849. The standard InChI is InChI=1S/C22H23BrN2O/c1-24-10-12-25(13-11-24)20-7-2-16(3-8-20)14-18-5-4-17-15-19(23)6-9-21(17)22(18)26/h2-3,6-9,14-15H,4-5,10-13H2,1H3. The van der Waals surface area contributed by atoms with Crippen molar-refractivity contribution < 1.29 is 4.79 Å². The second kappa shape index (κ2) is 7.37. The number of Topliss-reactive ketones (excluding diaryl/α,β-unsaturated/α-hetero) is 1. The van der Waals surface area contributed by atoms with E-state index in [9.17, 15) is 4.79 Å². The molecule has 0 spiro atoms. The van der Waals surface area contributed by atoms with Crippen molar-refractivity contribution in [2.45, 2.75) is 12.8 Å². The highest BCUT2D eigenvalue weighted by atomic mass is 79.9. The minimum atomic E-state index is 0.168. The first-order valence-electron chi connectivity index (χ1n) is 9.17. The summed E-state index contributed by atoms with van der Waals surface area (Å²) in [7, 11) is 2.17. The van der Waals surface area contributed by atoms with Crippen LogP contribution in [0.2, 0.25) is 0 Å². The summed E-state index contributed by atoms with van der Waals surface area (Å²) in [6.07, 6.45) is 3.79. The van der Waals surface area contributed by atoms with Crippen molar-refractivity contribution in [2.24, 2.45) is 0 Å². The van der Waals surface area contributed by atoms with E-state index in [1.165, 1.54) is 5.69 Å². The molecule has 0 radical (unpaired) electrons. The number of allylic oxidation sites excluding steroid dienone is 1. The van der Waals surface area contributed by atoms with Crippen molar-refractivity contribution in [3.8, 4) is 0 Å². The van der Waals surface area contributed by atoms with E-state index in [0.29, 0.717) is 0 Å². The van der Waals surface area contributed by atoms with E-state index in [1.807, 2.05) is 12.1 Å². The molecule has 0 saturated carbocycles. The predicted octanol–water partition coefficient (Wildman–Crippen LogP) is 4.41. The van der Waals surface area contributed by atoms with Crippen LogP contribution in [-0.2, 0) is 6.42 Å². The molecule has 2 aliphatic rings. The molecule has 0 aromatic heterocycles. The number of hydrogen-bond donors (Lipinski definition) is 0. The molecular weight excluding hydrogens is 388 g/mol. The Morgan fingerprint density at radius 1 is 0.962 bits per heavy atom. The fraction of sp³-hybridized carbons (Fsp3) is 0.318. The average Bonchev–Trinajstić information content (AvgIpc) is 2.65. The molecule has 1 heterocycles. The maximum Gasteiger partial charge on any atom is 0.189 e. The third-order valence-electron chi connectivity index (χ3n) is 5.37. The number of fused-ring (bicyclic) bond motifs is 1. The maximum absolute atomic E-state index is 12.8. The zero-order chi connectivity index (χ0) is 18.1. The number of piperazine rings is 1. The van der Waals surface area contributed by atoms with E-state index in [2.05, 4.69) is 69.2 Å². The van der Waals surface area contributed by atoms with Crippen LogP contribution in [0.15, 0.2) is 52.5 Å². The smallest absolute Gasteiger partial charge is 0.189 e. The van der Waals surface area contributed by atoms with Gasteiger partial charge in [0.25, 0.3) is 0 Å². The number of ketones is 1. The number of benzene rings is 2. The second-order valence-corrected chi connectivity index (χ2v) is 8.10. The highest BCUT2D eigenvalue weighted by molar-refractivity contribution is 9.10. The van der Waals surface area contributed by atoms with Gasteiger partial charge in [0.2, 0.25) is 0 Å². The van der Waals surface area contributed by atoms with E-state index in [1.54, 1.807) is 0 Å². The third kappa shape index (κ3) is 3.62. The zero-order valence-corrected chi connectivity index (χ0v) is 16.6. The number of halogens is 1. The van der Waals surface area contributed by atoms with Crippen LogP contribution in [-0.4, -0.2) is 43.9 Å². The van der Waals surface area contributed by atoms with Crippen LogP contribution in [0.3, 0.4) is 0 Å². The Morgan fingerprint density at radius 3 is 2.42 bits per heavy atom. The van der Waals surface area contributed by atoms with Crippen molar-refractivity contribution in [1.29, 1.82) is 0 Å². The normalized spacial score (nSPS) is 19.7. The third-order valence-corrected chi connectivity index (χ3v) is 5.86. The molecule has 0 N–H and O–H groups in total. The van der Waals surface area contributed by atoms with Gasteiger partial charge in [-0.3, -0.25) is 4.79 Å². The molecular formula is C22H23BrN2O. The van der Waals surface area contributed by atoms with Crippen molar-refractivity contribution in [1.82, 2.24) is 4.90 Å². The highest BCUT2D eigenvalue weighted by Gasteiger charge is 2.22. The molecule has 26 heavy (non-hydrogen) atoms. The summed E-state index contributed by atoms with van der Waals surface area (Å²) in [5.74, 6) is 0.168. The lowest BCUT2D eigenvalue weighted by Gasteiger charge is -2.34. The van der Waals surface area contributed by atoms with Crippen LogP contribution in [0.4, 0.5) is 5.69 Å². The van der Waals surface area contributed by atoms with Crippen molar-refractivity contribution in [3.63, 3.8) is 0 Å². The Hall–Kier alpha value is -1.91. The molecule has 0 unspecified atom stereocenters. The Balaban J connectivity index is 1.52. The van der Waals surface area contributed by atoms with E-state index < -0.39 is 0 Å². The van der Waals surface area contributed by atoms with Gasteiger partial charge in [-0.1, -0.05) is 28.1 Å². The number of carbonyl (C=O) groups excluding carboxylic acids is 1. The molecule has 1 aliphatic heterocycles. The van der Waals surface area contributed by atoms with E-state index in [0.717, 1.165) is 65.8 Å². The van der Waals surface area contributed by atoms with Crippen molar-refractivity contribution in [3.05, 3.63) is 69.2 Å². The molecule has 0 bridgehead atoms. The quantitative estimate of drug-likeness (QED) is 0.684. The van der Waals surface area contributed by atoms with Gasteiger partial charge >= 0.3 is 0 Å². The van der Waals surface area contributed by atoms with Gasteiger partial charge in [-0.25, -0.2) is 0 Å². The van der Waals surface area contributed by atoms with Crippen LogP contribution in [0.1, 0.15) is 27.9 Å². The van der Waals surface area contributed by atoms with Crippen molar-refractivity contribution >= 4 is 33.5 Å². The number of likely N-dealkylation sites (N-methyl/N-ethyl adjacent to an activating group) is 1. The van der Waals surface area contributed by atoms with Gasteiger partial charge in [0, 0.05) is 47.5 Å². The summed E-state index contributed by atoms with van der Waals surface area (Å²) in [4.78, 5) is 17.6. The van der Waals surface area contributed by atoms with E-state index >= 15 is 0 Å². The van der Waals surface area contributed by atoms with Crippen LogP contribution in [0.5, 0.6) is 0 Å². The minimum Gasteiger partial charge on any atom is -0.369 e. The van der Waals surface area contributed by atoms with Gasteiger partial charge in [0.1, 0.15) is 0 Å². The van der Waals surface area contributed by atoms with Crippen LogP contribution < -0.4 is 4.90 Å². The summed E-state index contributed by atoms with van der Waals surface area (Å²) in [5, 5.41) is 0. The van der Waals surface area contributed by atoms with Crippen LogP contribution >= 0.6 is 15.9 Å². The molecule has 134 valence electrons.